The zero-order chi connectivity index (χ0) is 22.0. The molecule has 2 saturated heterocycles. The second kappa shape index (κ2) is 9.01. The lowest BCUT2D eigenvalue weighted by atomic mass is 9.93. The van der Waals surface area contributed by atoms with Gasteiger partial charge in [0, 0.05) is 32.0 Å². The molecule has 31 heavy (non-hydrogen) atoms. The molecule has 5 nitrogen and oxygen atoms in total. The molecule has 2 aromatic rings. The van der Waals surface area contributed by atoms with Crippen LogP contribution in [0.5, 0.6) is 0 Å². The van der Waals surface area contributed by atoms with Gasteiger partial charge in [0.05, 0.1) is 22.3 Å². The van der Waals surface area contributed by atoms with Crippen molar-refractivity contribution < 1.29 is 9.59 Å². The summed E-state index contributed by atoms with van der Waals surface area (Å²) in [7, 11) is 0. The highest BCUT2D eigenvalue weighted by atomic mass is 35.5. The molecule has 0 unspecified atom stereocenters. The molecule has 2 aliphatic rings. The summed E-state index contributed by atoms with van der Waals surface area (Å²) < 4.78 is 0. The van der Waals surface area contributed by atoms with Gasteiger partial charge in [-0.25, -0.2) is 0 Å². The van der Waals surface area contributed by atoms with Gasteiger partial charge in [0.15, 0.2) is 0 Å². The molecular formula is C25H30ClN3O2. The monoisotopic (exact) mass is 439 g/mol. The van der Waals surface area contributed by atoms with Crippen LogP contribution >= 0.6 is 11.6 Å². The van der Waals surface area contributed by atoms with E-state index in [1.807, 2.05) is 35.2 Å². The van der Waals surface area contributed by atoms with Crippen LogP contribution in [0.1, 0.15) is 49.0 Å². The average Bonchev–Trinajstić information content (AvgIpc) is 3.05. The molecule has 164 valence electrons. The lowest BCUT2D eigenvalue weighted by molar-refractivity contribution is -0.136. The molecule has 6 heteroatoms. The van der Waals surface area contributed by atoms with Crippen LogP contribution in [-0.2, 0) is 11.2 Å². The molecule has 2 heterocycles. The van der Waals surface area contributed by atoms with Crippen molar-refractivity contribution in [2.75, 3.05) is 13.1 Å². The topological polar surface area (TPSA) is 52.7 Å². The van der Waals surface area contributed by atoms with Gasteiger partial charge in [-0.3, -0.25) is 14.9 Å². The molecule has 1 spiro atoms. The first-order valence-corrected chi connectivity index (χ1v) is 11.5. The van der Waals surface area contributed by atoms with E-state index in [1.54, 1.807) is 12.1 Å². The first-order chi connectivity index (χ1) is 14.9. The molecule has 0 aliphatic carbocycles. The summed E-state index contributed by atoms with van der Waals surface area (Å²) in [5.74, 6) is 0.129. The molecule has 1 N–H and O–H groups in total. The van der Waals surface area contributed by atoms with Gasteiger partial charge < -0.3 is 9.80 Å². The number of halogens is 1. The van der Waals surface area contributed by atoms with E-state index in [2.05, 4.69) is 36.2 Å². The Balaban J connectivity index is 1.52. The molecular weight excluding hydrogens is 410 g/mol. The van der Waals surface area contributed by atoms with Crippen molar-refractivity contribution in [2.24, 2.45) is 0 Å². The number of carbonyl (C=O) groups excluding carboxylic acids is 2. The molecule has 4 rings (SSSR count). The molecule has 2 atom stereocenters. The molecule has 0 saturated carbocycles. The maximum Gasteiger partial charge on any atom is 0.255 e. The third kappa shape index (κ3) is 4.21. The largest absolute Gasteiger partial charge is 0.338 e. The normalized spacial score (nSPS) is 21.5. The number of rotatable bonds is 5. The van der Waals surface area contributed by atoms with Gasteiger partial charge in [-0.15, -0.1) is 0 Å². The van der Waals surface area contributed by atoms with Crippen molar-refractivity contribution in [2.45, 2.75) is 57.3 Å². The molecule has 2 fully saturated rings. The van der Waals surface area contributed by atoms with Crippen LogP contribution in [0.2, 0.25) is 5.02 Å². The molecule has 0 aromatic heterocycles. The number of piperidine rings is 1. The summed E-state index contributed by atoms with van der Waals surface area (Å²) in [6.45, 7) is 5.42. The van der Waals surface area contributed by atoms with E-state index < -0.39 is 5.66 Å². The Labute approximate surface area is 189 Å². The number of carbonyl (C=O) groups is 2. The fourth-order valence-electron chi connectivity index (χ4n) is 4.91. The number of nitrogens with one attached hydrogen (secondary N) is 1. The van der Waals surface area contributed by atoms with Crippen molar-refractivity contribution in [1.82, 2.24) is 15.1 Å². The Morgan fingerprint density at radius 1 is 1.13 bits per heavy atom. The Morgan fingerprint density at radius 2 is 1.77 bits per heavy atom. The third-order valence-corrected chi connectivity index (χ3v) is 7.07. The van der Waals surface area contributed by atoms with Gasteiger partial charge in [-0.05, 0) is 37.5 Å². The van der Waals surface area contributed by atoms with E-state index in [0.717, 1.165) is 12.0 Å². The summed E-state index contributed by atoms with van der Waals surface area (Å²) in [6, 6.07) is 17.2. The molecule has 2 aliphatic heterocycles. The Kier molecular flexibility index (Phi) is 6.35. The smallest absolute Gasteiger partial charge is 0.255 e. The number of hydrogen-bond donors (Lipinski definition) is 1. The first-order valence-electron chi connectivity index (χ1n) is 11.1. The van der Waals surface area contributed by atoms with Crippen molar-refractivity contribution in [1.29, 1.82) is 0 Å². The van der Waals surface area contributed by atoms with Crippen LogP contribution in [0.3, 0.4) is 0 Å². The number of hydrogen-bond acceptors (Lipinski definition) is 3. The maximum absolute atomic E-state index is 13.4. The van der Waals surface area contributed by atoms with Crippen molar-refractivity contribution >= 4 is 23.4 Å². The third-order valence-electron chi connectivity index (χ3n) is 6.74. The number of nitrogens with zero attached hydrogens (tertiary/aromatic N) is 2. The highest BCUT2D eigenvalue weighted by Crippen LogP contribution is 2.36. The molecule has 0 bridgehead atoms. The van der Waals surface area contributed by atoms with Crippen LogP contribution in [0.4, 0.5) is 0 Å². The van der Waals surface area contributed by atoms with Gasteiger partial charge in [0.2, 0.25) is 5.91 Å². The number of amides is 2. The predicted molar refractivity (Wildman–Crippen MR) is 123 cm³/mol. The fourth-order valence-corrected chi connectivity index (χ4v) is 5.13. The van der Waals surface area contributed by atoms with Gasteiger partial charge in [-0.1, -0.05) is 61.0 Å². The van der Waals surface area contributed by atoms with E-state index in [0.29, 0.717) is 42.9 Å². The zero-order valence-electron chi connectivity index (χ0n) is 18.2. The average molecular weight is 440 g/mol. The molecule has 2 amide bonds. The van der Waals surface area contributed by atoms with E-state index in [1.165, 1.54) is 0 Å². The van der Waals surface area contributed by atoms with E-state index in [9.17, 15) is 9.59 Å². The standard InChI is InChI=1S/C25H30ClN3O2/c1-3-18(2)29-24(31)22(17-19-9-5-4-6-10-19)27-25(29)13-15-28(16-14-25)23(30)20-11-7-8-12-21(20)26/h4-12,18,22,27H,3,13-17H2,1-2H3/t18-,22-/m1/s1. The van der Waals surface area contributed by atoms with Crippen LogP contribution in [-0.4, -0.2) is 52.5 Å². The molecule has 0 radical (unpaired) electrons. The fraction of sp³-hybridized carbons (Fsp3) is 0.440. The SMILES string of the molecule is CC[C@@H](C)N1C(=O)[C@@H](Cc2ccccc2)NC12CCN(C(=O)c1ccccc1Cl)CC2. The van der Waals surface area contributed by atoms with E-state index in [4.69, 9.17) is 11.6 Å². The summed E-state index contributed by atoms with van der Waals surface area (Å²) in [4.78, 5) is 30.4. The van der Waals surface area contributed by atoms with Crippen LogP contribution in [0.15, 0.2) is 54.6 Å². The predicted octanol–water partition coefficient (Wildman–Crippen LogP) is 4.11. The molecule has 2 aromatic carbocycles. The minimum atomic E-state index is -0.400. The second-order valence-corrected chi connectivity index (χ2v) is 9.06. The Morgan fingerprint density at radius 3 is 2.42 bits per heavy atom. The summed E-state index contributed by atoms with van der Waals surface area (Å²) in [5.41, 5.74) is 1.29. The van der Waals surface area contributed by atoms with Crippen LogP contribution in [0.25, 0.3) is 0 Å². The van der Waals surface area contributed by atoms with Crippen LogP contribution < -0.4 is 5.32 Å². The number of benzene rings is 2. The lowest BCUT2D eigenvalue weighted by Crippen LogP contribution is -2.61. The minimum Gasteiger partial charge on any atom is -0.338 e. The van der Waals surface area contributed by atoms with Gasteiger partial charge in [0.25, 0.3) is 5.91 Å². The summed E-state index contributed by atoms with van der Waals surface area (Å²) in [6.07, 6.45) is 3.00. The van der Waals surface area contributed by atoms with Crippen molar-refractivity contribution in [3.05, 3.63) is 70.7 Å². The van der Waals surface area contributed by atoms with Crippen LogP contribution in [0, 0.1) is 0 Å². The van der Waals surface area contributed by atoms with Crippen molar-refractivity contribution in [3.63, 3.8) is 0 Å². The Hall–Kier alpha value is -2.37. The number of likely N-dealkylation sites (tertiary alicyclic amines) is 1. The first kappa shape index (κ1) is 21.8. The lowest BCUT2D eigenvalue weighted by Gasteiger charge is -2.46. The minimum absolute atomic E-state index is 0.0410. The van der Waals surface area contributed by atoms with Gasteiger partial charge in [0.1, 0.15) is 0 Å². The van der Waals surface area contributed by atoms with E-state index in [-0.39, 0.29) is 23.9 Å². The second-order valence-electron chi connectivity index (χ2n) is 8.66. The quantitative estimate of drug-likeness (QED) is 0.762. The summed E-state index contributed by atoms with van der Waals surface area (Å²) in [5, 5.41) is 4.17. The zero-order valence-corrected chi connectivity index (χ0v) is 18.9. The van der Waals surface area contributed by atoms with Gasteiger partial charge >= 0.3 is 0 Å². The Bertz CT molecular complexity index is 941. The van der Waals surface area contributed by atoms with Gasteiger partial charge in [-0.2, -0.15) is 0 Å². The maximum atomic E-state index is 13.4. The van der Waals surface area contributed by atoms with Crippen molar-refractivity contribution in [3.8, 4) is 0 Å². The summed E-state index contributed by atoms with van der Waals surface area (Å²) >= 11 is 6.24. The highest BCUT2D eigenvalue weighted by Gasteiger charge is 2.53. The van der Waals surface area contributed by atoms with E-state index >= 15 is 0 Å². The highest BCUT2D eigenvalue weighted by molar-refractivity contribution is 6.33.